The van der Waals surface area contributed by atoms with Crippen LogP contribution >= 0.6 is 12.4 Å². The zero-order chi connectivity index (χ0) is 14.7. The quantitative estimate of drug-likeness (QED) is 0.876. The first-order chi connectivity index (χ1) is 10.3. The monoisotopic (exact) mass is 323 g/mol. The van der Waals surface area contributed by atoms with Crippen molar-refractivity contribution >= 4 is 29.9 Å². The highest BCUT2D eigenvalue weighted by atomic mass is 35.5. The lowest BCUT2D eigenvalue weighted by atomic mass is 9.99. The summed E-state index contributed by atoms with van der Waals surface area (Å²) < 4.78 is 0. The number of carbonyl (C=O) groups is 2. The number of hydrogen-bond acceptors (Lipinski definition) is 3. The SMILES string of the molecule is Cl.O=C(NCC(=O)N1CCc2ccccc21)C1CCCNC1. The van der Waals surface area contributed by atoms with Crippen LogP contribution in [0, 0.1) is 5.92 Å². The van der Waals surface area contributed by atoms with Crippen LogP contribution in [0.4, 0.5) is 5.69 Å². The van der Waals surface area contributed by atoms with Crippen LogP contribution in [-0.2, 0) is 16.0 Å². The van der Waals surface area contributed by atoms with Gasteiger partial charge < -0.3 is 15.5 Å². The fourth-order valence-corrected chi connectivity index (χ4v) is 3.08. The van der Waals surface area contributed by atoms with Gasteiger partial charge >= 0.3 is 0 Å². The molecule has 1 saturated heterocycles. The molecular formula is C16H22ClN3O2. The number of halogens is 1. The molecule has 6 heteroatoms. The molecule has 2 amide bonds. The molecule has 3 rings (SSSR count). The Balaban J connectivity index is 0.00000176. The molecule has 0 aliphatic carbocycles. The van der Waals surface area contributed by atoms with Crippen LogP contribution in [0.15, 0.2) is 24.3 Å². The van der Waals surface area contributed by atoms with Crippen molar-refractivity contribution in [1.29, 1.82) is 0 Å². The molecule has 1 fully saturated rings. The number of piperidine rings is 1. The van der Waals surface area contributed by atoms with E-state index in [1.165, 1.54) is 5.56 Å². The van der Waals surface area contributed by atoms with Crippen molar-refractivity contribution in [3.63, 3.8) is 0 Å². The van der Waals surface area contributed by atoms with Crippen molar-refractivity contribution in [2.24, 2.45) is 5.92 Å². The second-order valence-electron chi connectivity index (χ2n) is 5.69. The Bertz CT molecular complexity index is 544. The van der Waals surface area contributed by atoms with Gasteiger partial charge in [0.05, 0.1) is 12.5 Å². The van der Waals surface area contributed by atoms with Gasteiger partial charge in [-0.05, 0) is 37.4 Å². The summed E-state index contributed by atoms with van der Waals surface area (Å²) in [4.78, 5) is 26.1. The molecule has 2 heterocycles. The first-order valence-corrected chi connectivity index (χ1v) is 7.62. The topological polar surface area (TPSA) is 61.4 Å². The van der Waals surface area contributed by atoms with E-state index in [4.69, 9.17) is 0 Å². The van der Waals surface area contributed by atoms with Crippen molar-refractivity contribution in [2.75, 3.05) is 31.1 Å². The summed E-state index contributed by atoms with van der Waals surface area (Å²) >= 11 is 0. The van der Waals surface area contributed by atoms with Crippen LogP contribution in [0.25, 0.3) is 0 Å². The van der Waals surface area contributed by atoms with Gasteiger partial charge in [0.1, 0.15) is 0 Å². The molecule has 1 atom stereocenters. The molecule has 1 aromatic carbocycles. The van der Waals surface area contributed by atoms with Crippen LogP contribution in [0.1, 0.15) is 18.4 Å². The fraction of sp³-hybridized carbons (Fsp3) is 0.500. The van der Waals surface area contributed by atoms with Crippen molar-refractivity contribution < 1.29 is 9.59 Å². The molecule has 0 bridgehead atoms. The smallest absolute Gasteiger partial charge is 0.246 e. The number of rotatable bonds is 3. The maximum atomic E-state index is 12.3. The average Bonchev–Trinajstić information content (AvgIpc) is 2.97. The zero-order valence-corrected chi connectivity index (χ0v) is 13.3. The van der Waals surface area contributed by atoms with Gasteiger partial charge in [-0.25, -0.2) is 0 Å². The molecule has 120 valence electrons. The summed E-state index contributed by atoms with van der Waals surface area (Å²) in [5, 5.41) is 6.01. The molecule has 0 radical (unpaired) electrons. The number of nitrogens with zero attached hydrogens (tertiary/aromatic N) is 1. The van der Waals surface area contributed by atoms with E-state index in [9.17, 15) is 9.59 Å². The predicted octanol–water partition coefficient (Wildman–Crippen LogP) is 1.11. The Labute approximate surface area is 136 Å². The lowest BCUT2D eigenvalue weighted by Gasteiger charge is -2.23. The molecule has 2 N–H and O–H groups in total. The standard InChI is InChI=1S/C16H21N3O2.ClH/c20-15(11-18-16(21)13-5-3-8-17-10-13)19-9-7-12-4-1-2-6-14(12)19;/h1-2,4,6,13,17H,3,5,7-11H2,(H,18,21);1H. The number of fused-ring (bicyclic) bond motifs is 1. The highest BCUT2D eigenvalue weighted by Gasteiger charge is 2.26. The van der Waals surface area contributed by atoms with Crippen molar-refractivity contribution in [3.8, 4) is 0 Å². The number of amides is 2. The molecule has 22 heavy (non-hydrogen) atoms. The summed E-state index contributed by atoms with van der Waals surface area (Å²) in [6.07, 6.45) is 2.81. The van der Waals surface area contributed by atoms with Gasteiger partial charge in [-0.15, -0.1) is 12.4 Å². The fourth-order valence-electron chi connectivity index (χ4n) is 3.08. The van der Waals surface area contributed by atoms with Gasteiger partial charge in [-0.1, -0.05) is 18.2 Å². The van der Waals surface area contributed by atoms with E-state index in [-0.39, 0.29) is 36.7 Å². The normalized spacial score (nSPS) is 20.0. The maximum Gasteiger partial charge on any atom is 0.246 e. The third-order valence-electron chi connectivity index (χ3n) is 4.27. The van der Waals surface area contributed by atoms with Crippen LogP contribution in [0.2, 0.25) is 0 Å². The Kier molecular flexibility index (Phi) is 5.80. The minimum Gasteiger partial charge on any atom is -0.347 e. The van der Waals surface area contributed by atoms with E-state index >= 15 is 0 Å². The van der Waals surface area contributed by atoms with E-state index in [1.807, 2.05) is 18.2 Å². The lowest BCUT2D eigenvalue weighted by Crippen LogP contribution is -2.45. The van der Waals surface area contributed by atoms with E-state index in [1.54, 1.807) is 4.90 Å². The van der Waals surface area contributed by atoms with Crippen LogP contribution in [0.5, 0.6) is 0 Å². The number of carbonyl (C=O) groups excluding carboxylic acids is 2. The Hall–Kier alpha value is -1.59. The molecular weight excluding hydrogens is 302 g/mol. The lowest BCUT2D eigenvalue weighted by molar-refractivity contribution is -0.128. The zero-order valence-electron chi connectivity index (χ0n) is 12.5. The second kappa shape index (κ2) is 7.61. The van der Waals surface area contributed by atoms with E-state index in [0.717, 1.165) is 31.5 Å². The number of benzene rings is 1. The second-order valence-corrected chi connectivity index (χ2v) is 5.69. The number of anilines is 1. The van der Waals surface area contributed by atoms with E-state index < -0.39 is 0 Å². The Morgan fingerprint density at radius 1 is 1.32 bits per heavy atom. The number of para-hydroxylation sites is 1. The van der Waals surface area contributed by atoms with Crippen LogP contribution in [-0.4, -0.2) is 38.0 Å². The van der Waals surface area contributed by atoms with E-state index in [2.05, 4.69) is 16.7 Å². The minimum absolute atomic E-state index is 0. The minimum atomic E-state index is -0.0305. The maximum absolute atomic E-state index is 12.3. The number of nitrogens with one attached hydrogen (secondary N) is 2. The summed E-state index contributed by atoms with van der Waals surface area (Å²) in [5.41, 5.74) is 2.18. The first-order valence-electron chi connectivity index (χ1n) is 7.62. The van der Waals surface area contributed by atoms with Crippen molar-refractivity contribution in [1.82, 2.24) is 10.6 Å². The molecule has 0 aromatic heterocycles. The van der Waals surface area contributed by atoms with Gasteiger partial charge in [-0.3, -0.25) is 9.59 Å². The van der Waals surface area contributed by atoms with Crippen molar-refractivity contribution in [2.45, 2.75) is 19.3 Å². The van der Waals surface area contributed by atoms with Gasteiger partial charge in [0.2, 0.25) is 11.8 Å². The molecule has 1 unspecified atom stereocenters. The summed E-state index contributed by atoms with van der Waals surface area (Å²) in [5.74, 6) is -0.0440. The highest BCUT2D eigenvalue weighted by molar-refractivity contribution is 5.98. The van der Waals surface area contributed by atoms with Gasteiger partial charge in [0.15, 0.2) is 0 Å². The Morgan fingerprint density at radius 3 is 2.91 bits per heavy atom. The van der Waals surface area contributed by atoms with Gasteiger partial charge in [0.25, 0.3) is 0 Å². The summed E-state index contributed by atoms with van der Waals surface area (Å²) in [6.45, 7) is 2.49. The molecule has 2 aliphatic rings. The largest absolute Gasteiger partial charge is 0.347 e. The van der Waals surface area contributed by atoms with Gasteiger partial charge in [0, 0.05) is 18.8 Å². The predicted molar refractivity (Wildman–Crippen MR) is 88.4 cm³/mol. The molecule has 0 spiro atoms. The Morgan fingerprint density at radius 2 is 2.14 bits per heavy atom. The summed E-state index contributed by atoms with van der Waals surface area (Å²) in [7, 11) is 0. The first kappa shape index (κ1) is 16.8. The van der Waals surface area contributed by atoms with Crippen LogP contribution in [0.3, 0.4) is 0 Å². The molecule has 5 nitrogen and oxygen atoms in total. The van der Waals surface area contributed by atoms with Crippen molar-refractivity contribution in [3.05, 3.63) is 29.8 Å². The van der Waals surface area contributed by atoms with Gasteiger partial charge in [-0.2, -0.15) is 0 Å². The third kappa shape index (κ3) is 3.59. The molecule has 1 aromatic rings. The highest BCUT2D eigenvalue weighted by Crippen LogP contribution is 2.27. The summed E-state index contributed by atoms with van der Waals surface area (Å²) in [6, 6.07) is 7.95. The van der Waals surface area contributed by atoms with E-state index in [0.29, 0.717) is 13.1 Å². The third-order valence-corrected chi connectivity index (χ3v) is 4.27. The average molecular weight is 324 g/mol. The molecule has 0 saturated carbocycles. The molecule has 2 aliphatic heterocycles. The number of hydrogen-bond donors (Lipinski definition) is 2. The van der Waals surface area contributed by atoms with Crippen LogP contribution < -0.4 is 15.5 Å².